The van der Waals surface area contributed by atoms with E-state index < -0.39 is 9.84 Å². The van der Waals surface area contributed by atoms with Crippen LogP contribution in [0.1, 0.15) is 6.92 Å². The van der Waals surface area contributed by atoms with E-state index in [1.54, 1.807) is 0 Å². The lowest BCUT2D eigenvalue weighted by Gasteiger charge is -2.16. The highest BCUT2D eigenvalue weighted by atomic mass is 127. The molecule has 0 amide bonds. The van der Waals surface area contributed by atoms with Crippen molar-refractivity contribution in [2.75, 3.05) is 0 Å². The summed E-state index contributed by atoms with van der Waals surface area (Å²) in [6.07, 6.45) is 0. The molecule has 0 saturated heterocycles. The summed E-state index contributed by atoms with van der Waals surface area (Å²) in [5.74, 6) is 0. The zero-order chi connectivity index (χ0) is 6.08. The van der Waals surface area contributed by atoms with Crippen molar-refractivity contribution in [1.29, 1.82) is 0 Å². The molecule has 0 heterocycles. The van der Waals surface area contributed by atoms with Crippen molar-refractivity contribution in [2.24, 2.45) is 5.73 Å². The fourth-order valence-electron chi connectivity index (χ4n) is 0. The fourth-order valence-corrected chi connectivity index (χ4v) is 0. The number of alkyl halides is 1. The summed E-state index contributed by atoms with van der Waals surface area (Å²) in [6.45, 7) is 1.52. The number of nitrogens with two attached hydrogens (primary N) is 1. The molecular weight excluding hydrogens is 209 g/mol. The van der Waals surface area contributed by atoms with E-state index in [0.717, 1.165) is 0 Å². The molecule has 4 N–H and O–H groups in total. The van der Waals surface area contributed by atoms with Gasteiger partial charge in [0.25, 0.3) is 0 Å². The molecule has 0 radical (unpaired) electrons. The first-order chi connectivity index (χ1) is 2.94. The van der Waals surface area contributed by atoms with E-state index in [1.165, 1.54) is 29.5 Å². The summed E-state index contributed by atoms with van der Waals surface area (Å²) in [4.78, 5) is 0. The topological polar surface area (TPSA) is 66.5 Å². The fraction of sp³-hybridized carbons (Fsp3) is 1.00. The van der Waals surface area contributed by atoms with Crippen LogP contribution in [0, 0.1) is 0 Å². The van der Waals surface area contributed by atoms with Crippen LogP contribution in [0.15, 0.2) is 0 Å². The van der Waals surface area contributed by atoms with Crippen molar-refractivity contribution in [3.8, 4) is 0 Å². The van der Waals surface area contributed by atoms with Gasteiger partial charge in [0.05, 0.1) is 6.04 Å². The second kappa shape index (κ2) is 2.25. The predicted octanol–water partition coefficient (Wildman–Crippen LogP) is -0.593. The molecular formula is C3H8INO2. The highest BCUT2D eigenvalue weighted by Crippen LogP contribution is 2.12. The smallest absolute Gasteiger partial charge is 0.231 e. The van der Waals surface area contributed by atoms with Crippen LogP contribution in [0.5, 0.6) is 0 Å². The minimum absolute atomic E-state index is 0.604. The molecule has 0 aliphatic carbocycles. The van der Waals surface area contributed by atoms with Crippen LogP contribution in [0.4, 0.5) is 0 Å². The Morgan fingerprint density at radius 1 is 1.71 bits per heavy atom. The normalized spacial score (nSPS) is 16.7. The quantitative estimate of drug-likeness (QED) is 0.312. The van der Waals surface area contributed by atoms with Gasteiger partial charge in [0.1, 0.15) is 0 Å². The summed E-state index contributed by atoms with van der Waals surface area (Å²) < 4.78 is -1.75. The zero-order valence-corrected chi connectivity index (χ0v) is 6.08. The van der Waals surface area contributed by atoms with Crippen molar-refractivity contribution >= 4 is 22.6 Å². The van der Waals surface area contributed by atoms with Crippen molar-refractivity contribution in [3.05, 3.63) is 0 Å². The van der Waals surface area contributed by atoms with Crippen LogP contribution in [-0.2, 0) is 0 Å². The van der Waals surface area contributed by atoms with Gasteiger partial charge in [-0.2, -0.15) is 0 Å². The van der Waals surface area contributed by atoms with Gasteiger partial charge in [0.15, 0.2) is 0 Å². The standard InChI is InChI=1S/C3H8INO2/c1-2(5)3(4,6)7/h2,6-7H,5H2,1H3. The van der Waals surface area contributed by atoms with Gasteiger partial charge in [-0.05, 0) is 29.5 Å². The Morgan fingerprint density at radius 2 is 1.86 bits per heavy atom. The second-order valence-electron chi connectivity index (χ2n) is 1.43. The number of hydrogen-bond donors (Lipinski definition) is 3. The second-order valence-corrected chi connectivity index (χ2v) is 3.01. The molecule has 7 heavy (non-hydrogen) atoms. The molecule has 0 fully saturated rings. The summed E-state index contributed by atoms with van der Waals surface area (Å²) in [7, 11) is 0. The minimum Gasteiger partial charge on any atom is -0.357 e. The maximum atomic E-state index is 8.51. The highest BCUT2D eigenvalue weighted by Gasteiger charge is 2.22. The Morgan fingerprint density at radius 3 is 1.86 bits per heavy atom. The maximum absolute atomic E-state index is 8.51. The first-order valence-corrected chi connectivity index (χ1v) is 2.91. The molecule has 1 unspecified atom stereocenters. The third-order valence-corrected chi connectivity index (χ3v) is 1.56. The van der Waals surface area contributed by atoms with Crippen LogP contribution in [0.25, 0.3) is 0 Å². The van der Waals surface area contributed by atoms with Gasteiger partial charge in [-0.3, -0.25) is 0 Å². The van der Waals surface area contributed by atoms with Crippen molar-refractivity contribution < 1.29 is 10.2 Å². The van der Waals surface area contributed by atoms with Crippen molar-refractivity contribution in [3.63, 3.8) is 0 Å². The van der Waals surface area contributed by atoms with Gasteiger partial charge in [-0.15, -0.1) is 0 Å². The van der Waals surface area contributed by atoms with E-state index in [9.17, 15) is 0 Å². The van der Waals surface area contributed by atoms with Crippen molar-refractivity contribution in [2.45, 2.75) is 16.8 Å². The largest absolute Gasteiger partial charge is 0.357 e. The number of rotatable bonds is 1. The molecule has 0 aliphatic rings. The van der Waals surface area contributed by atoms with Crippen LogP contribution in [0.3, 0.4) is 0 Å². The molecule has 0 aromatic heterocycles. The third kappa shape index (κ3) is 3.22. The summed E-state index contributed by atoms with van der Waals surface area (Å²) in [5, 5.41) is 17.0. The molecule has 0 spiro atoms. The molecule has 0 aliphatic heterocycles. The van der Waals surface area contributed by atoms with Crippen LogP contribution < -0.4 is 5.73 Å². The maximum Gasteiger partial charge on any atom is 0.231 e. The third-order valence-electron chi connectivity index (χ3n) is 0.579. The number of hydrogen-bond acceptors (Lipinski definition) is 3. The van der Waals surface area contributed by atoms with E-state index in [2.05, 4.69) is 0 Å². The molecule has 3 nitrogen and oxygen atoms in total. The Labute approximate surface area is 55.7 Å². The lowest BCUT2D eigenvalue weighted by molar-refractivity contribution is -0.0720. The molecule has 0 rings (SSSR count). The van der Waals surface area contributed by atoms with Gasteiger partial charge in [-0.25, -0.2) is 0 Å². The lowest BCUT2D eigenvalue weighted by atomic mass is 10.4. The molecule has 44 valence electrons. The van der Waals surface area contributed by atoms with Gasteiger partial charge in [0, 0.05) is 0 Å². The van der Waals surface area contributed by atoms with Crippen LogP contribution in [-0.4, -0.2) is 20.0 Å². The van der Waals surface area contributed by atoms with Gasteiger partial charge in [-0.1, -0.05) is 0 Å². The molecule has 0 bridgehead atoms. The zero-order valence-electron chi connectivity index (χ0n) is 3.93. The van der Waals surface area contributed by atoms with Crippen LogP contribution in [0.2, 0.25) is 0 Å². The molecule has 4 heteroatoms. The molecule has 1 atom stereocenters. The molecule has 0 saturated carbocycles. The highest BCUT2D eigenvalue weighted by molar-refractivity contribution is 14.1. The van der Waals surface area contributed by atoms with E-state index in [4.69, 9.17) is 15.9 Å². The number of halogens is 1. The average Bonchev–Trinajstić information content (AvgIpc) is 1.31. The predicted molar refractivity (Wildman–Crippen MR) is 34.8 cm³/mol. The minimum atomic E-state index is -1.75. The summed E-state index contributed by atoms with van der Waals surface area (Å²) in [5.41, 5.74) is 5.06. The summed E-state index contributed by atoms with van der Waals surface area (Å²) in [6, 6.07) is -0.604. The van der Waals surface area contributed by atoms with E-state index in [0.29, 0.717) is 0 Å². The van der Waals surface area contributed by atoms with Gasteiger partial charge in [0.2, 0.25) is 3.79 Å². The van der Waals surface area contributed by atoms with Gasteiger partial charge >= 0.3 is 0 Å². The Balaban J connectivity index is 3.54. The monoisotopic (exact) mass is 217 g/mol. The van der Waals surface area contributed by atoms with E-state index >= 15 is 0 Å². The first kappa shape index (κ1) is 7.61. The van der Waals surface area contributed by atoms with E-state index in [-0.39, 0.29) is 0 Å². The lowest BCUT2D eigenvalue weighted by Crippen LogP contribution is -2.39. The Hall–Kier alpha value is 0.610. The van der Waals surface area contributed by atoms with Gasteiger partial charge < -0.3 is 15.9 Å². The summed E-state index contributed by atoms with van der Waals surface area (Å²) >= 11 is 1.45. The molecule has 0 aromatic carbocycles. The first-order valence-electron chi connectivity index (χ1n) is 1.84. The Bertz CT molecular complexity index is 58.4. The number of aliphatic hydroxyl groups is 2. The SMILES string of the molecule is CC(N)C(O)(O)I. The Kier molecular flexibility index (Phi) is 2.45. The van der Waals surface area contributed by atoms with Crippen molar-refractivity contribution in [1.82, 2.24) is 0 Å². The van der Waals surface area contributed by atoms with Crippen LogP contribution >= 0.6 is 22.6 Å². The molecule has 0 aromatic rings. The van der Waals surface area contributed by atoms with E-state index in [1.807, 2.05) is 0 Å². The average molecular weight is 217 g/mol.